The molecule has 1 aliphatic carbocycles. The number of piperidine rings is 1. The highest BCUT2D eigenvalue weighted by Crippen LogP contribution is 2.63. The van der Waals surface area contributed by atoms with Gasteiger partial charge in [0.1, 0.15) is 31.2 Å². The first-order valence-corrected chi connectivity index (χ1v) is 11.8. The van der Waals surface area contributed by atoms with Gasteiger partial charge < -0.3 is 14.5 Å². The van der Waals surface area contributed by atoms with Crippen molar-refractivity contribution in [3.63, 3.8) is 0 Å². The fraction of sp³-hybridized carbons (Fsp3) is 0.357. The van der Waals surface area contributed by atoms with E-state index in [1.54, 1.807) is 7.11 Å². The van der Waals surface area contributed by atoms with Gasteiger partial charge in [-0.2, -0.15) is 0 Å². The normalized spacial score (nSPS) is 32.2. The molecule has 168 valence electrons. The number of ether oxygens (including phenoxy) is 1. The summed E-state index contributed by atoms with van der Waals surface area (Å²) in [5.74, 6) is 1.07. The average Bonchev–Trinajstić information content (AvgIpc) is 3.38. The summed E-state index contributed by atoms with van der Waals surface area (Å²) in [6, 6.07) is 16.2. The number of quaternary nitrogens is 1. The largest absolute Gasteiger partial charge is 0.497 e. The van der Waals surface area contributed by atoms with Crippen molar-refractivity contribution in [3.05, 3.63) is 82.6 Å². The Balaban J connectivity index is 1.47. The Kier molecular flexibility index (Phi) is 4.43. The molecule has 5 heteroatoms. The Morgan fingerprint density at radius 3 is 2.73 bits per heavy atom. The third-order valence-electron chi connectivity index (χ3n) is 8.73. The molecule has 2 bridgehead atoms. The van der Waals surface area contributed by atoms with Gasteiger partial charge in [0.25, 0.3) is 0 Å². The van der Waals surface area contributed by atoms with Crippen LogP contribution in [0.3, 0.4) is 0 Å². The van der Waals surface area contributed by atoms with Crippen LogP contribution < -0.4 is 10.1 Å². The molecule has 3 aliphatic heterocycles. The molecular weight excluding hydrogens is 412 g/mol. The number of ketones is 1. The lowest BCUT2D eigenvalue weighted by Crippen LogP contribution is -2.64. The van der Waals surface area contributed by atoms with Crippen LogP contribution in [0.1, 0.15) is 35.7 Å². The first kappa shape index (κ1) is 20.4. The van der Waals surface area contributed by atoms with Crippen LogP contribution in [0.15, 0.2) is 71.5 Å². The summed E-state index contributed by atoms with van der Waals surface area (Å²) in [4.78, 5) is 25.9. The minimum absolute atomic E-state index is 0.142. The van der Waals surface area contributed by atoms with Crippen molar-refractivity contribution >= 4 is 17.8 Å². The number of benzene rings is 2. The van der Waals surface area contributed by atoms with Crippen LogP contribution in [0.2, 0.25) is 0 Å². The predicted octanol–water partition coefficient (Wildman–Crippen LogP) is 4.26. The zero-order valence-electron chi connectivity index (χ0n) is 19.1. The molecule has 1 N–H and O–H groups in total. The molecule has 2 fully saturated rings. The van der Waals surface area contributed by atoms with Crippen LogP contribution in [-0.4, -0.2) is 49.3 Å². The van der Waals surface area contributed by atoms with E-state index in [1.165, 1.54) is 11.1 Å². The van der Waals surface area contributed by atoms with E-state index in [9.17, 15) is 9.59 Å². The number of allylic oxidation sites excluding steroid dienone is 2. The molecule has 3 heterocycles. The zero-order chi connectivity index (χ0) is 22.8. The van der Waals surface area contributed by atoms with Gasteiger partial charge in [0.05, 0.1) is 19.1 Å². The molecule has 0 saturated carbocycles. The summed E-state index contributed by atoms with van der Waals surface area (Å²) >= 11 is 0. The topological polar surface area (TPSA) is 55.4 Å². The van der Waals surface area contributed by atoms with E-state index in [2.05, 4.69) is 42.6 Å². The fourth-order valence-electron chi connectivity index (χ4n) is 7.28. The maximum Gasteiger partial charge on any atom is 0.216 e. The standard InChI is InChI=1S/C28H28N2O3/c1-3-18-15-30(16-25(32)19-8-10-20(33-2)11-9-19)13-12-28-23-6-4-5-7-24(23)29-27(28)22(17-31)21(18)14-26(28)30/h3-11,17,21,26H,12-16H2,1-2H3/p+1/b18-3-/t21-,26-,28+,30+/m0/s1. The predicted molar refractivity (Wildman–Crippen MR) is 127 cm³/mol. The van der Waals surface area contributed by atoms with Crippen LogP contribution in [0.5, 0.6) is 5.75 Å². The van der Waals surface area contributed by atoms with E-state index in [-0.39, 0.29) is 23.2 Å². The van der Waals surface area contributed by atoms with E-state index in [4.69, 9.17) is 4.74 Å². The van der Waals surface area contributed by atoms with Crippen molar-refractivity contribution in [2.45, 2.75) is 31.2 Å². The number of fused-ring (bicyclic) bond motifs is 2. The van der Waals surface area contributed by atoms with Gasteiger partial charge in [-0.15, -0.1) is 0 Å². The Morgan fingerprint density at radius 1 is 1.21 bits per heavy atom. The van der Waals surface area contributed by atoms with Crippen LogP contribution in [0.4, 0.5) is 5.69 Å². The van der Waals surface area contributed by atoms with Crippen LogP contribution in [-0.2, 0) is 10.2 Å². The van der Waals surface area contributed by atoms with Crippen LogP contribution >= 0.6 is 0 Å². The molecule has 33 heavy (non-hydrogen) atoms. The molecule has 4 aliphatic rings. The Labute approximate surface area is 194 Å². The Bertz CT molecular complexity index is 1230. The van der Waals surface area contributed by atoms with E-state index in [1.807, 2.05) is 24.3 Å². The fourth-order valence-corrected chi connectivity index (χ4v) is 7.28. The second-order valence-corrected chi connectivity index (χ2v) is 9.92. The number of nitrogens with one attached hydrogen (secondary N) is 1. The molecule has 0 radical (unpaired) electrons. The van der Waals surface area contributed by atoms with Gasteiger partial charge in [0, 0.05) is 41.3 Å². The number of nitrogens with zero attached hydrogens (tertiary/aromatic N) is 1. The maximum atomic E-state index is 13.5. The van der Waals surface area contributed by atoms with Gasteiger partial charge in [0.15, 0.2) is 0 Å². The Morgan fingerprint density at radius 2 is 2.00 bits per heavy atom. The second-order valence-electron chi connectivity index (χ2n) is 9.92. The van der Waals surface area contributed by atoms with E-state index < -0.39 is 0 Å². The quantitative estimate of drug-likeness (QED) is 0.326. The summed E-state index contributed by atoms with van der Waals surface area (Å²) in [5.41, 5.74) is 6.23. The molecular formula is C28H29N2O3+. The molecule has 1 spiro atoms. The van der Waals surface area contributed by atoms with E-state index in [0.717, 1.165) is 65.0 Å². The van der Waals surface area contributed by atoms with Crippen molar-refractivity contribution in [1.29, 1.82) is 0 Å². The third-order valence-corrected chi connectivity index (χ3v) is 8.73. The zero-order valence-corrected chi connectivity index (χ0v) is 19.1. The van der Waals surface area contributed by atoms with Crippen molar-refractivity contribution in [3.8, 4) is 5.75 Å². The van der Waals surface area contributed by atoms with Gasteiger partial charge >= 0.3 is 0 Å². The number of Topliss-reactive ketones (excluding diaryl/α,β-unsaturated/α-hetero) is 1. The Hall–Kier alpha value is -3.18. The van der Waals surface area contributed by atoms with Crippen molar-refractivity contribution in [2.75, 3.05) is 32.1 Å². The van der Waals surface area contributed by atoms with Crippen molar-refractivity contribution in [1.82, 2.24) is 0 Å². The SMILES string of the molecule is C/C=C1/C[N@@+]2(CC(=O)c3ccc(OC)cc3)CC[C@]34C(=C(C=O)[C@H]1C[C@@H]32)Nc1ccccc14. The lowest BCUT2D eigenvalue weighted by molar-refractivity contribution is -0.934. The highest BCUT2D eigenvalue weighted by Gasteiger charge is 2.68. The summed E-state index contributed by atoms with van der Waals surface area (Å²) in [7, 11) is 1.64. The van der Waals surface area contributed by atoms with Gasteiger partial charge in [-0.3, -0.25) is 9.59 Å². The summed E-state index contributed by atoms with van der Waals surface area (Å²) in [6.07, 6.45) is 5.13. The highest BCUT2D eigenvalue weighted by atomic mass is 16.5. The second kappa shape index (κ2) is 7.16. The molecule has 6 rings (SSSR count). The van der Waals surface area contributed by atoms with Crippen LogP contribution in [0, 0.1) is 5.92 Å². The smallest absolute Gasteiger partial charge is 0.216 e. The molecule has 5 nitrogen and oxygen atoms in total. The molecule has 0 aromatic heterocycles. The number of carbonyl (C=O) groups excluding carboxylic acids is 2. The summed E-state index contributed by atoms with van der Waals surface area (Å²) < 4.78 is 6.04. The molecule has 2 aromatic rings. The minimum atomic E-state index is -0.206. The minimum Gasteiger partial charge on any atom is -0.497 e. The van der Waals surface area contributed by atoms with Crippen LogP contribution in [0.25, 0.3) is 0 Å². The molecule has 4 atom stereocenters. The number of para-hydroxylation sites is 1. The number of hydrogen-bond donors (Lipinski definition) is 1. The van der Waals surface area contributed by atoms with Gasteiger partial charge in [-0.1, -0.05) is 24.3 Å². The first-order chi connectivity index (χ1) is 16.1. The first-order valence-electron chi connectivity index (χ1n) is 11.8. The lowest BCUT2D eigenvalue weighted by atomic mass is 9.61. The number of aldehydes is 1. The number of methoxy groups -OCH3 is 1. The molecule has 2 aromatic carbocycles. The van der Waals surface area contributed by atoms with Gasteiger partial charge in [0.2, 0.25) is 5.78 Å². The number of hydrogen-bond acceptors (Lipinski definition) is 4. The highest BCUT2D eigenvalue weighted by molar-refractivity contribution is 5.97. The monoisotopic (exact) mass is 441 g/mol. The lowest BCUT2D eigenvalue weighted by Gasteiger charge is -2.53. The summed E-state index contributed by atoms with van der Waals surface area (Å²) in [5, 5.41) is 3.66. The molecule has 0 unspecified atom stereocenters. The summed E-state index contributed by atoms with van der Waals surface area (Å²) in [6.45, 7) is 4.32. The third kappa shape index (κ3) is 2.63. The molecule has 2 saturated heterocycles. The van der Waals surface area contributed by atoms with Crippen molar-refractivity contribution in [2.24, 2.45) is 5.92 Å². The van der Waals surface area contributed by atoms with Crippen molar-refractivity contribution < 1.29 is 18.8 Å². The maximum absolute atomic E-state index is 13.5. The number of anilines is 1. The average molecular weight is 442 g/mol. The van der Waals surface area contributed by atoms with Gasteiger partial charge in [-0.25, -0.2) is 0 Å². The number of carbonyl (C=O) groups is 2. The van der Waals surface area contributed by atoms with E-state index >= 15 is 0 Å². The van der Waals surface area contributed by atoms with E-state index in [0.29, 0.717) is 6.54 Å². The molecule has 0 amide bonds. The van der Waals surface area contributed by atoms with Gasteiger partial charge in [-0.05, 0) is 48.4 Å². The number of rotatable bonds is 5.